The summed E-state index contributed by atoms with van der Waals surface area (Å²) in [6, 6.07) is 0. The van der Waals surface area contributed by atoms with Gasteiger partial charge < -0.3 is 5.11 Å². The SMILES string of the molecule is O=C(O)CCS(=O)(=O)Nc1nnns1. The topological polar surface area (TPSA) is 122 Å². The minimum absolute atomic E-state index is 0.0235. The molecule has 0 saturated heterocycles. The lowest BCUT2D eigenvalue weighted by molar-refractivity contribution is -0.136. The molecule has 1 rings (SSSR count). The molecule has 1 heterocycles. The number of sulfonamides is 1. The van der Waals surface area contributed by atoms with E-state index in [0.29, 0.717) is 0 Å². The highest BCUT2D eigenvalue weighted by molar-refractivity contribution is 7.92. The molecule has 1 aromatic rings. The van der Waals surface area contributed by atoms with Crippen molar-refractivity contribution in [3.63, 3.8) is 0 Å². The molecular formula is C4H6N4O4S2. The average molecular weight is 238 g/mol. The fourth-order valence-corrected chi connectivity index (χ4v) is 2.18. The Kier molecular flexibility index (Phi) is 3.30. The summed E-state index contributed by atoms with van der Waals surface area (Å²) in [6.07, 6.45) is -0.457. The van der Waals surface area contributed by atoms with Crippen LogP contribution in [-0.2, 0) is 14.8 Å². The second kappa shape index (κ2) is 4.28. The molecule has 0 atom stereocenters. The Bertz CT molecular complexity index is 399. The third-order valence-corrected chi connectivity index (χ3v) is 3.01. The van der Waals surface area contributed by atoms with E-state index in [2.05, 4.69) is 14.8 Å². The Balaban J connectivity index is 2.55. The van der Waals surface area contributed by atoms with Crippen molar-refractivity contribution >= 4 is 32.7 Å². The highest BCUT2D eigenvalue weighted by Crippen LogP contribution is 2.08. The molecule has 0 aliphatic carbocycles. The maximum atomic E-state index is 11.1. The predicted octanol–water partition coefficient (Wildman–Crippen LogP) is -0.851. The van der Waals surface area contributed by atoms with Crippen LogP contribution in [0.3, 0.4) is 0 Å². The van der Waals surface area contributed by atoms with Gasteiger partial charge in [0.1, 0.15) is 0 Å². The molecule has 0 fully saturated rings. The molecule has 0 amide bonds. The Morgan fingerprint density at radius 3 is 2.79 bits per heavy atom. The number of aromatic nitrogens is 3. The number of anilines is 1. The minimum atomic E-state index is -3.66. The lowest BCUT2D eigenvalue weighted by Crippen LogP contribution is -2.18. The zero-order valence-electron chi connectivity index (χ0n) is 6.74. The minimum Gasteiger partial charge on any atom is -0.481 e. The van der Waals surface area contributed by atoms with Gasteiger partial charge in [-0.15, -0.1) is 0 Å². The van der Waals surface area contributed by atoms with Crippen molar-refractivity contribution in [2.45, 2.75) is 6.42 Å². The molecular weight excluding hydrogens is 232 g/mol. The Labute approximate surface area is 83.2 Å². The van der Waals surface area contributed by atoms with Gasteiger partial charge in [-0.25, -0.2) is 8.42 Å². The summed E-state index contributed by atoms with van der Waals surface area (Å²) >= 11 is 0.774. The van der Waals surface area contributed by atoms with Gasteiger partial charge in [-0.05, 0) is 5.21 Å². The van der Waals surface area contributed by atoms with Crippen LogP contribution in [0.25, 0.3) is 0 Å². The fourth-order valence-electron chi connectivity index (χ4n) is 0.579. The number of carboxylic acid groups (broad SMARTS) is 1. The summed E-state index contributed by atoms with van der Waals surface area (Å²) in [7, 11) is -3.66. The number of aliphatic carboxylic acids is 1. The number of carbonyl (C=O) groups is 1. The summed E-state index contributed by atoms with van der Waals surface area (Å²) in [5.74, 6) is -1.67. The Hall–Kier alpha value is -1.29. The van der Waals surface area contributed by atoms with Gasteiger partial charge in [-0.3, -0.25) is 9.52 Å². The largest absolute Gasteiger partial charge is 0.481 e. The first-order valence-corrected chi connectivity index (χ1v) is 5.79. The Morgan fingerprint density at radius 2 is 2.29 bits per heavy atom. The third-order valence-electron chi connectivity index (χ3n) is 1.13. The van der Waals surface area contributed by atoms with E-state index in [4.69, 9.17) is 5.11 Å². The molecule has 10 heteroatoms. The van der Waals surface area contributed by atoms with E-state index < -0.39 is 28.2 Å². The summed E-state index contributed by atoms with van der Waals surface area (Å²) in [5.41, 5.74) is 0. The van der Waals surface area contributed by atoms with Crippen molar-refractivity contribution < 1.29 is 18.3 Å². The molecule has 8 nitrogen and oxygen atoms in total. The number of rotatable bonds is 5. The van der Waals surface area contributed by atoms with Gasteiger partial charge in [0.05, 0.1) is 12.2 Å². The van der Waals surface area contributed by atoms with Crippen LogP contribution in [0.5, 0.6) is 0 Å². The first-order chi connectivity index (χ1) is 6.49. The third kappa shape index (κ3) is 3.62. The van der Waals surface area contributed by atoms with Crippen LogP contribution >= 0.6 is 11.5 Å². The van der Waals surface area contributed by atoms with Gasteiger partial charge in [-0.2, -0.15) is 0 Å². The van der Waals surface area contributed by atoms with E-state index in [0.717, 1.165) is 11.5 Å². The van der Waals surface area contributed by atoms with Crippen molar-refractivity contribution in [3.8, 4) is 0 Å². The van der Waals surface area contributed by atoms with E-state index in [1.54, 1.807) is 0 Å². The lowest BCUT2D eigenvalue weighted by Gasteiger charge is -2.00. The standard InChI is InChI=1S/C4H6N4O4S2/c9-3(10)1-2-14(11,12)6-4-5-7-8-13-4/h1-2H2,(H,9,10)(H,5,6,8). The number of carboxylic acids is 1. The van der Waals surface area contributed by atoms with E-state index in [1.165, 1.54) is 0 Å². The molecule has 0 aromatic carbocycles. The van der Waals surface area contributed by atoms with Crippen molar-refractivity contribution in [2.24, 2.45) is 0 Å². The van der Waals surface area contributed by atoms with Crippen molar-refractivity contribution in [1.82, 2.24) is 14.8 Å². The van der Waals surface area contributed by atoms with Crippen LogP contribution in [0.1, 0.15) is 6.42 Å². The van der Waals surface area contributed by atoms with Gasteiger partial charge in [0.25, 0.3) is 0 Å². The molecule has 1 aromatic heterocycles. The quantitative estimate of drug-likeness (QED) is 0.684. The number of hydrogen-bond acceptors (Lipinski definition) is 7. The molecule has 14 heavy (non-hydrogen) atoms. The smallest absolute Gasteiger partial charge is 0.304 e. The van der Waals surface area contributed by atoms with E-state index in [1.807, 2.05) is 4.72 Å². The van der Waals surface area contributed by atoms with Crippen LogP contribution in [0.15, 0.2) is 0 Å². The molecule has 0 saturated carbocycles. The van der Waals surface area contributed by atoms with Gasteiger partial charge in [0.2, 0.25) is 15.2 Å². The zero-order valence-corrected chi connectivity index (χ0v) is 8.38. The zero-order chi connectivity index (χ0) is 10.6. The summed E-state index contributed by atoms with van der Waals surface area (Å²) in [4.78, 5) is 10.1. The second-order valence-corrected chi connectivity index (χ2v) is 4.81. The maximum Gasteiger partial charge on any atom is 0.304 e. The van der Waals surface area contributed by atoms with Crippen molar-refractivity contribution in [3.05, 3.63) is 0 Å². The van der Waals surface area contributed by atoms with Gasteiger partial charge in [-0.1, -0.05) is 9.59 Å². The van der Waals surface area contributed by atoms with E-state index in [9.17, 15) is 13.2 Å². The van der Waals surface area contributed by atoms with Crippen molar-refractivity contribution in [2.75, 3.05) is 10.5 Å². The van der Waals surface area contributed by atoms with Gasteiger partial charge >= 0.3 is 5.97 Å². The molecule has 0 radical (unpaired) electrons. The normalized spacial score (nSPS) is 11.1. The summed E-state index contributed by atoms with van der Waals surface area (Å²) in [5, 5.41) is 14.8. The average Bonchev–Trinajstić information content (AvgIpc) is 2.53. The lowest BCUT2D eigenvalue weighted by atomic mass is 10.5. The van der Waals surface area contributed by atoms with Crippen LogP contribution in [0, 0.1) is 0 Å². The number of nitrogens with one attached hydrogen (secondary N) is 1. The molecule has 0 aliphatic heterocycles. The molecule has 78 valence electrons. The van der Waals surface area contributed by atoms with Crippen LogP contribution in [0.2, 0.25) is 0 Å². The highest BCUT2D eigenvalue weighted by Gasteiger charge is 2.14. The first kappa shape index (κ1) is 10.8. The fraction of sp³-hybridized carbons (Fsp3) is 0.500. The molecule has 2 N–H and O–H groups in total. The maximum absolute atomic E-state index is 11.1. The molecule has 0 aliphatic rings. The van der Waals surface area contributed by atoms with Crippen LogP contribution in [0.4, 0.5) is 5.13 Å². The van der Waals surface area contributed by atoms with E-state index in [-0.39, 0.29) is 5.13 Å². The predicted molar refractivity (Wildman–Crippen MR) is 47.4 cm³/mol. The summed E-state index contributed by atoms with van der Waals surface area (Å²) < 4.78 is 27.7. The van der Waals surface area contributed by atoms with Crippen LogP contribution in [-0.4, -0.2) is 40.0 Å². The van der Waals surface area contributed by atoms with E-state index >= 15 is 0 Å². The molecule has 0 spiro atoms. The first-order valence-electron chi connectivity index (χ1n) is 3.37. The second-order valence-electron chi connectivity index (χ2n) is 2.23. The molecule has 0 bridgehead atoms. The Morgan fingerprint density at radius 1 is 1.57 bits per heavy atom. The highest BCUT2D eigenvalue weighted by atomic mass is 32.2. The van der Waals surface area contributed by atoms with Crippen LogP contribution < -0.4 is 4.72 Å². The monoisotopic (exact) mass is 238 g/mol. The number of nitrogens with zero attached hydrogens (tertiary/aromatic N) is 3. The number of hydrogen-bond donors (Lipinski definition) is 2. The van der Waals surface area contributed by atoms with Crippen molar-refractivity contribution in [1.29, 1.82) is 0 Å². The van der Waals surface area contributed by atoms with Gasteiger partial charge in [0.15, 0.2) is 0 Å². The van der Waals surface area contributed by atoms with Gasteiger partial charge in [0, 0.05) is 11.5 Å². The molecule has 0 unspecified atom stereocenters. The summed E-state index contributed by atoms with van der Waals surface area (Å²) in [6.45, 7) is 0.